The summed E-state index contributed by atoms with van der Waals surface area (Å²) in [4.78, 5) is 23.5. The maximum absolute atomic E-state index is 12.2. The number of amides is 1. The molecule has 0 unspecified atom stereocenters. The maximum atomic E-state index is 12.2. The number of aromatic nitrogens is 2. The van der Waals surface area contributed by atoms with Crippen molar-refractivity contribution in [3.05, 3.63) is 53.0 Å². The zero-order chi connectivity index (χ0) is 16.2. The van der Waals surface area contributed by atoms with Gasteiger partial charge in [-0.3, -0.25) is 4.79 Å². The van der Waals surface area contributed by atoms with Crippen LogP contribution in [0.3, 0.4) is 0 Å². The van der Waals surface area contributed by atoms with Crippen LogP contribution >= 0.6 is 0 Å². The Morgan fingerprint density at radius 2 is 1.83 bits per heavy atom. The summed E-state index contributed by atoms with van der Waals surface area (Å²) in [6.45, 7) is 6.40. The van der Waals surface area contributed by atoms with Gasteiger partial charge in [-0.2, -0.15) is 0 Å². The summed E-state index contributed by atoms with van der Waals surface area (Å²) in [6.07, 6.45) is 2.42. The van der Waals surface area contributed by atoms with Crippen molar-refractivity contribution in [2.45, 2.75) is 33.2 Å². The first-order valence-corrected chi connectivity index (χ1v) is 8.06. The van der Waals surface area contributed by atoms with Crippen LogP contribution in [0, 0.1) is 13.8 Å². The van der Waals surface area contributed by atoms with E-state index in [0.717, 1.165) is 30.2 Å². The van der Waals surface area contributed by atoms with Gasteiger partial charge in [0, 0.05) is 30.4 Å². The molecule has 1 saturated heterocycles. The van der Waals surface area contributed by atoms with Crippen molar-refractivity contribution in [1.82, 2.24) is 15.3 Å². The van der Waals surface area contributed by atoms with Crippen molar-refractivity contribution in [1.29, 1.82) is 0 Å². The molecular weight excluding hydrogens is 288 g/mol. The van der Waals surface area contributed by atoms with E-state index < -0.39 is 0 Å². The van der Waals surface area contributed by atoms with Crippen LogP contribution in [0.4, 0.5) is 5.82 Å². The molecular formula is C18H22N4O. The molecule has 23 heavy (non-hydrogen) atoms. The highest BCUT2D eigenvalue weighted by Crippen LogP contribution is 2.18. The van der Waals surface area contributed by atoms with E-state index in [9.17, 15) is 4.79 Å². The van der Waals surface area contributed by atoms with Gasteiger partial charge in [-0.1, -0.05) is 17.7 Å². The number of anilines is 1. The standard InChI is InChI=1S/C18H22N4O/c1-13-5-7-15(8-6-13)18(23)19-12-16-20-14(2)11-17(21-16)22-9-3-4-10-22/h5-8,11H,3-4,9-10,12H2,1-2H3,(H,19,23). The summed E-state index contributed by atoms with van der Waals surface area (Å²) in [5.41, 5.74) is 2.73. The summed E-state index contributed by atoms with van der Waals surface area (Å²) >= 11 is 0. The lowest BCUT2D eigenvalue weighted by atomic mass is 10.1. The van der Waals surface area contributed by atoms with E-state index in [1.807, 2.05) is 44.2 Å². The average Bonchev–Trinajstić information content (AvgIpc) is 3.07. The molecule has 120 valence electrons. The third kappa shape index (κ3) is 3.86. The van der Waals surface area contributed by atoms with Crippen molar-refractivity contribution in [2.24, 2.45) is 0 Å². The summed E-state index contributed by atoms with van der Waals surface area (Å²) < 4.78 is 0. The second-order valence-electron chi connectivity index (χ2n) is 6.03. The van der Waals surface area contributed by atoms with Gasteiger partial charge in [0.2, 0.25) is 0 Å². The molecule has 2 aromatic rings. The maximum Gasteiger partial charge on any atom is 0.251 e. The smallest absolute Gasteiger partial charge is 0.251 e. The number of carbonyl (C=O) groups is 1. The minimum Gasteiger partial charge on any atom is -0.357 e. The van der Waals surface area contributed by atoms with Crippen LogP contribution < -0.4 is 10.2 Å². The number of hydrogen-bond donors (Lipinski definition) is 1. The van der Waals surface area contributed by atoms with E-state index >= 15 is 0 Å². The van der Waals surface area contributed by atoms with Crippen LogP contribution in [-0.2, 0) is 6.54 Å². The first-order chi connectivity index (χ1) is 11.1. The second-order valence-corrected chi connectivity index (χ2v) is 6.03. The van der Waals surface area contributed by atoms with Crippen molar-refractivity contribution in [3.63, 3.8) is 0 Å². The van der Waals surface area contributed by atoms with Crippen LogP contribution in [0.15, 0.2) is 30.3 Å². The molecule has 0 atom stereocenters. The van der Waals surface area contributed by atoms with Crippen molar-refractivity contribution >= 4 is 11.7 Å². The van der Waals surface area contributed by atoms with Crippen molar-refractivity contribution in [3.8, 4) is 0 Å². The van der Waals surface area contributed by atoms with Crippen LogP contribution in [0.2, 0.25) is 0 Å². The van der Waals surface area contributed by atoms with Gasteiger partial charge in [0.25, 0.3) is 5.91 Å². The Morgan fingerprint density at radius 3 is 2.52 bits per heavy atom. The number of aryl methyl sites for hydroxylation is 2. The topological polar surface area (TPSA) is 58.1 Å². The van der Waals surface area contributed by atoms with Gasteiger partial charge in [-0.15, -0.1) is 0 Å². The number of nitrogens with zero attached hydrogens (tertiary/aromatic N) is 3. The minimum absolute atomic E-state index is 0.0992. The SMILES string of the molecule is Cc1ccc(C(=O)NCc2nc(C)cc(N3CCCC3)n2)cc1. The molecule has 1 aromatic carbocycles. The molecule has 0 radical (unpaired) electrons. The Balaban J connectivity index is 1.67. The zero-order valence-electron chi connectivity index (χ0n) is 13.7. The Bertz CT molecular complexity index is 691. The quantitative estimate of drug-likeness (QED) is 0.943. The third-order valence-electron chi connectivity index (χ3n) is 4.04. The fourth-order valence-corrected chi connectivity index (χ4v) is 2.77. The Morgan fingerprint density at radius 1 is 1.13 bits per heavy atom. The van der Waals surface area contributed by atoms with E-state index in [1.54, 1.807) is 0 Å². The summed E-state index contributed by atoms with van der Waals surface area (Å²) in [6, 6.07) is 9.54. The lowest BCUT2D eigenvalue weighted by Crippen LogP contribution is -2.25. The van der Waals surface area contributed by atoms with Crippen LogP contribution in [0.25, 0.3) is 0 Å². The fraction of sp³-hybridized carbons (Fsp3) is 0.389. The lowest BCUT2D eigenvalue weighted by Gasteiger charge is -2.17. The molecule has 3 rings (SSSR count). The number of benzene rings is 1. The number of nitrogens with one attached hydrogen (secondary N) is 1. The van der Waals surface area contributed by atoms with Crippen molar-refractivity contribution < 1.29 is 4.79 Å². The molecule has 1 amide bonds. The predicted octanol–water partition coefficient (Wildman–Crippen LogP) is 2.62. The fourth-order valence-electron chi connectivity index (χ4n) is 2.77. The van der Waals surface area contributed by atoms with E-state index in [4.69, 9.17) is 0 Å². The highest BCUT2D eigenvalue weighted by Gasteiger charge is 2.15. The second kappa shape index (κ2) is 6.77. The molecule has 1 aliphatic heterocycles. The summed E-state index contributed by atoms with van der Waals surface area (Å²) in [5.74, 6) is 1.53. The van der Waals surface area contributed by atoms with Crippen LogP contribution in [0.5, 0.6) is 0 Å². The average molecular weight is 310 g/mol. The first-order valence-electron chi connectivity index (χ1n) is 8.06. The molecule has 0 aliphatic carbocycles. The molecule has 0 bridgehead atoms. The largest absolute Gasteiger partial charge is 0.357 e. The molecule has 1 fully saturated rings. The van der Waals surface area contributed by atoms with E-state index in [2.05, 4.69) is 20.2 Å². The lowest BCUT2D eigenvalue weighted by molar-refractivity contribution is 0.0950. The van der Waals surface area contributed by atoms with Gasteiger partial charge in [0.1, 0.15) is 11.6 Å². The van der Waals surface area contributed by atoms with Crippen LogP contribution in [0.1, 0.15) is 40.3 Å². The Labute approximate surface area is 136 Å². The molecule has 1 N–H and O–H groups in total. The zero-order valence-corrected chi connectivity index (χ0v) is 13.7. The highest BCUT2D eigenvalue weighted by atomic mass is 16.1. The molecule has 1 aromatic heterocycles. The molecule has 1 aliphatic rings. The van der Waals surface area contributed by atoms with Gasteiger partial charge in [-0.05, 0) is 38.8 Å². The van der Waals surface area contributed by atoms with Gasteiger partial charge < -0.3 is 10.2 Å². The molecule has 5 nitrogen and oxygen atoms in total. The summed E-state index contributed by atoms with van der Waals surface area (Å²) in [7, 11) is 0. The van der Waals surface area contributed by atoms with Gasteiger partial charge in [-0.25, -0.2) is 9.97 Å². The van der Waals surface area contributed by atoms with Crippen molar-refractivity contribution in [2.75, 3.05) is 18.0 Å². The monoisotopic (exact) mass is 310 g/mol. The van der Waals surface area contributed by atoms with Crippen LogP contribution in [-0.4, -0.2) is 29.0 Å². The molecule has 0 saturated carbocycles. The minimum atomic E-state index is -0.0992. The summed E-state index contributed by atoms with van der Waals surface area (Å²) in [5, 5.41) is 2.90. The number of hydrogen-bond acceptors (Lipinski definition) is 4. The van der Waals surface area contributed by atoms with Gasteiger partial charge >= 0.3 is 0 Å². The van der Waals surface area contributed by atoms with Gasteiger partial charge in [0.05, 0.1) is 6.54 Å². The van der Waals surface area contributed by atoms with E-state index in [1.165, 1.54) is 12.8 Å². The third-order valence-corrected chi connectivity index (χ3v) is 4.04. The molecule has 0 spiro atoms. The van der Waals surface area contributed by atoms with E-state index in [-0.39, 0.29) is 5.91 Å². The number of rotatable bonds is 4. The Kier molecular flexibility index (Phi) is 4.55. The normalized spacial score (nSPS) is 14.1. The Hall–Kier alpha value is -2.43. The van der Waals surface area contributed by atoms with Gasteiger partial charge in [0.15, 0.2) is 0 Å². The van der Waals surface area contributed by atoms with E-state index in [0.29, 0.717) is 17.9 Å². The number of carbonyl (C=O) groups excluding carboxylic acids is 1. The predicted molar refractivity (Wildman–Crippen MR) is 90.6 cm³/mol. The molecule has 2 heterocycles. The highest BCUT2D eigenvalue weighted by molar-refractivity contribution is 5.94. The molecule has 5 heteroatoms. The first kappa shape index (κ1) is 15.5.